The summed E-state index contributed by atoms with van der Waals surface area (Å²) in [7, 11) is 0. The van der Waals surface area contributed by atoms with Gasteiger partial charge in [0.15, 0.2) is 0 Å². The Morgan fingerprint density at radius 2 is 1.56 bits per heavy atom. The van der Waals surface area contributed by atoms with E-state index in [9.17, 15) is 9.59 Å². The number of rotatable bonds is 10. The van der Waals surface area contributed by atoms with Gasteiger partial charge in [-0.2, -0.15) is 23.1 Å². The van der Waals surface area contributed by atoms with Crippen LogP contribution < -0.4 is 20.1 Å². The number of nitrogen functional groups attached to an aromatic ring is 1. The second-order valence-corrected chi connectivity index (χ2v) is 15.9. The van der Waals surface area contributed by atoms with Gasteiger partial charge in [-0.15, -0.1) is 0 Å². The van der Waals surface area contributed by atoms with E-state index in [1.165, 1.54) is 17.0 Å². The highest BCUT2D eigenvalue weighted by Crippen LogP contribution is 2.46. The van der Waals surface area contributed by atoms with Gasteiger partial charge in [0.25, 0.3) is 0 Å². The number of amides is 1. The molecule has 57 heavy (non-hydrogen) atoms. The first-order valence-corrected chi connectivity index (χ1v) is 19.2. The van der Waals surface area contributed by atoms with Crippen molar-refractivity contribution in [3.63, 3.8) is 0 Å². The summed E-state index contributed by atoms with van der Waals surface area (Å²) in [6, 6.07) is 21.6. The van der Waals surface area contributed by atoms with Gasteiger partial charge in [0.1, 0.15) is 23.2 Å². The molecule has 0 aliphatic carbocycles. The van der Waals surface area contributed by atoms with Gasteiger partial charge in [-0.05, 0) is 107 Å². The lowest BCUT2D eigenvalue weighted by atomic mass is 9.76. The van der Waals surface area contributed by atoms with Crippen LogP contribution in [0, 0.1) is 5.41 Å². The van der Waals surface area contributed by atoms with E-state index >= 15 is 13.2 Å². The van der Waals surface area contributed by atoms with E-state index in [4.69, 9.17) is 24.7 Å². The molecule has 4 aromatic rings. The molecule has 11 nitrogen and oxygen atoms in total. The molecule has 0 saturated carbocycles. The number of piperidine rings is 1. The number of ether oxygens (including phenoxy) is 4. The first-order valence-electron chi connectivity index (χ1n) is 19.2. The van der Waals surface area contributed by atoms with Crippen molar-refractivity contribution in [2.24, 2.45) is 5.41 Å². The molecule has 0 radical (unpaired) electrons. The molecule has 3 aromatic carbocycles. The molecule has 1 amide bonds. The lowest BCUT2D eigenvalue weighted by Gasteiger charge is -2.39. The van der Waals surface area contributed by atoms with Gasteiger partial charge in [0, 0.05) is 31.3 Å². The van der Waals surface area contributed by atoms with Crippen molar-refractivity contribution < 1.29 is 41.7 Å². The molecule has 1 aromatic heterocycles. The fourth-order valence-corrected chi connectivity index (χ4v) is 7.50. The highest BCUT2D eigenvalue weighted by atomic mass is 19.4. The molecule has 0 bridgehead atoms. The third-order valence-electron chi connectivity index (χ3n) is 10.1. The number of hydrogen-bond donors (Lipinski definition) is 1. The van der Waals surface area contributed by atoms with Gasteiger partial charge in [-0.3, -0.25) is 4.90 Å². The fourth-order valence-electron chi connectivity index (χ4n) is 7.50. The summed E-state index contributed by atoms with van der Waals surface area (Å²) in [6.07, 6.45) is -6.30. The Labute approximate surface area is 331 Å². The molecule has 2 aliphatic heterocycles. The Bertz CT molecular complexity index is 2030. The maximum Gasteiger partial charge on any atom is 0.429 e. The quantitative estimate of drug-likeness (QED) is 0.155. The van der Waals surface area contributed by atoms with Gasteiger partial charge in [-0.25, -0.2) is 9.59 Å². The lowest BCUT2D eigenvalue weighted by Crippen LogP contribution is -2.45. The molecular formula is C43H50F3N5O6. The molecule has 3 heterocycles. The Morgan fingerprint density at radius 1 is 0.895 bits per heavy atom. The predicted octanol–water partition coefficient (Wildman–Crippen LogP) is 9.02. The molecule has 6 rings (SSSR count). The van der Waals surface area contributed by atoms with Crippen molar-refractivity contribution in [3.05, 3.63) is 84.4 Å². The molecule has 2 aliphatic rings. The maximum atomic E-state index is 15.1. The zero-order valence-corrected chi connectivity index (χ0v) is 33.1. The Hall–Kier alpha value is -5.53. The van der Waals surface area contributed by atoms with Gasteiger partial charge >= 0.3 is 18.2 Å². The number of carbonyl (C=O) groups excluding carboxylic acids is 2. The summed E-state index contributed by atoms with van der Waals surface area (Å²) in [5.74, 6) is -0.0588. The van der Waals surface area contributed by atoms with Gasteiger partial charge < -0.3 is 29.6 Å². The van der Waals surface area contributed by atoms with E-state index in [1.54, 1.807) is 70.2 Å². The van der Waals surface area contributed by atoms with Crippen LogP contribution in [0.5, 0.6) is 11.6 Å². The van der Waals surface area contributed by atoms with Crippen LogP contribution >= 0.6 is 0 Å². The number of likely N-dealkylation sites (tertiary alicyclic amines) is 1. The number of hydrogen-bond acceptors (Lipinski definition) is 10. The van der Waals surface area contributed by atoms with Crippen molar-refractivity contribution in [2.75, 3.05) is 36.9 Å². The molecular weight excluding hydrogens is 739 g/mol. The zero-order chi connectivity index (χ0) is 41.1. The Morgan fingerprint density at radius 3 is 2.18 bits per heavy atom. The number of esters is 1. The highest BCUT2D eigenvalue weighted by Gasteiger charge is 2.51. The standard InChI is InChI=1S/C43H50F3N5O6/c1-7-54-38(52)34-25-42(26-51(34)40(53)57-41(4,5)6)19-21-50(22-20-42)35-24-36(49-39(47)48-35)56-37(43(44,45)46)32-18-15-30(23-33(32)29-11-9-8-10-12-29)28-13-16-31(17-14-28)55-27(2)3/h8-18,23-24,27,34,37H,7,19-22,25-26H2,1-6H3,(H2,47,48,49)/t34-,37?/m0/s1. The number of anilines is 2. The van der Waals surface area contributed by atoms with Gasteiger partial charge in [0.2, 0.25) is 17.9 Å². The summed E-state index contributed by atoms with van der Waals surface area (Å²) in [6.45, 7) is 12.2. The molecule has 1 unspecified atom stereocenters. The number of nitrogens with two attached hydrogens (primary N) is 1. The monoisotopic (exact) mass is 789 g/mol. The number of benzene rings is 3. The van der Waals surface area contributed by atoms with Crippen molar-refractivity contribution in [1.82, 2.24) is 14.9 Å². The van der Waals surface area contributed by atoms with Crippen LogP contribution in [0.3, 0.4) is 0 Å². The first kappa shape index (κ1) is 41.1. The van der Waals surface area contributed by atoms with Crippen molar-refractivity contribution in [3.8, 4) is 33.9 Å². The van der Waals surface area contributed by atoms with Crippen LogP contribution in [-0.2, 0) is 14.3 Å². The highest BCUT2D eigenvalue weighted by molar-refractivity contribution is 5.82. The molecule has 2 saturated heterocycles. The Balaban J connectivity index is 1.25. The Kier molecular flexibility index (Phi) is 11.9. The number of aromatic nitrogens is 2. The molecule has 1 spiro atoms. The van der Waals surface area contributed by atoms with Crippen LogP contribution in [0.1, 0.15) is 72.5 Å². The fraction of sp³-hybridized carbons (Fsp3) is 0.442. The minimum Gasteiger partial charge on any atom is -0.491 e. The largest absolute Gasteiger partial charge is 0.491 e. The minimum atomic E-state index is -4.84. The van der Waals surface area contributed by atoms with E-state index in [1.807, 2.05) is 43.0 Å². The van der Waals surface area contributed by atoms with Crippen LogP contribution in [0.25, 0.3) is 22.3 Å². The second kappa shape index (κ2) is 16.5. The van der Waals surface area contributed by atoms with Crippen molar-refractivity contribution in [1.29, 1.82) is 0 Å². The van der Waals surface area contributed by atoms with Crippen LogP contribution in [-0.4, -0.2) is 77.1 Å². The van der Waals surface area contributed by atoms with E-state index < -0.39 is 41.4 Å². The van der Waals surface area contributed by atoms with Crippen molar-refractivity contribution in [2.45, 2.75) is 90.8 Å². The number of halogens is 3. The van der Waals surface area contributed by atoms with Crippen LogP contribution in [0.4, 0.5) is 29.7 Å². The average Bonchev–Trinajstić information content (AvgIpc) is 3.52. The van der Waals surface area contributed by atoms with E-state index in [2.05, 4.69) is 9.97 Å². The van der Waals surface area contributed by atoms with Gasteiger partial charge in [-0.1, -0.05) is 54.6 Å². The summed E-state index contributed by atoms with van der Waals surface area (Å²) >= 11 is 0. The van der Waals surface area contributed by atoms with Crippen LogP contribution in [0.2, 0.25) is 0 Å². The summed E-state index contributed by atoms with van der Waals surface area (Å²) in [5, 5.41) is 0. The topological polar surface area (TPSA) is 129 Å². The summed E-state index contributed by atoms with van der Waals surface area (Å²) in [5.41, 5.74) is 7.30. The first-order chi connectivity index (χ1) is 26.9. The molecule has 2 fully saturated rings. The maximum absolute atomic E-state index is 15.1. The smallest absolute Gasteiger partial charge is 0.429 e. The second-order valence-electron chi connectivity index (χ2n) is 15.9. The molecule has 2 N–H and O–H groups in total. The molecule has 14 heteroatoms. The van der Waals surface area contributed by atoms with E-state index in [0.717, 1.165) is 11.1 Å². The normalized spacial score (nSPS) is 17.4. The van der Waals surface area contributed by atoms with Gasteiger partial charge in [0.05, 0.1) is 12.7 Å². The number of carbonyl (C=O) groups is 2. The minimum absolute atomic E-state index is 0.00438. The number of alkyl halides is 3. The lowest BCUT2D eigenvalue weighted by molar-refractivity contribution is -0.198. The summed E-state index contributed by atoms with van der Waals surface area (Å²) in [4.78, 5) is 38.0. The van der Waals surface area contributed by atoms with Crippen LogP contribution in [0.15, 0.2) is 78.9 Å². The summed E-state index contributed by atoms with van der Waals surface area (Å²) < 4.78 is 67.8. The van der Waals surface area contributed by atoms with E-state index in [-0.39, 0.29) is 30.1 Å². The third-order valence-corrected chi connectivity index (χ3v) is 10.1. The zero-order valence-electron chi connectivity index (χ0n) is 33.1. The molecule has 2 atom stereocenters. The van der Waals surface area contributed by atoms with E-state index in [0.29, 0.717) is 61.6 Å². The number of nitrogens with zero attached hydrogens (tertiary/aromatic N) is 4. The molecule has 304 valence electrons. The predicted molar refractivity (Wildman–Crippen MR) is 211 cm³/mol. The third kappa shape index (κ3) is 9.89. The average molecular weight is 790 g/mol. The SMILES string of the molecule is CCOC(=O)[C@@H]1CC2(CCN(c3cc(OC(c4ccc(-c5ccc(OC(C)C)cc5)cc4-c4ccccc4)C(F)(F)F)nc(N)n3)CC2)CN1C(=O)OC(C)(C)C. The van der Waals surface area contributed by atoms with Crippen molar-refractivity contribution >= 4 is 23.8 Å².